The van der Waals surface area contributed by atoms with Crippen LogP contribution in [0, 0.1) is 0 Å². The number of hydrogen-bond donors (Lipinski definition) is 1. The van der Waals surface area contributed by atoms with Gasteiger partial charge in [-0.05, 0) is 31.4 Å². The first-order chi connectivity index (χ1) is 8.93. The first-order valence-corrected chi connectivity index (χ1v) is 7.02. The molecule has 1 aromatic carbocycles. The standard InChI is InChI=1S/C17H25N/c18-16-12-7-5-3-1-2-4-6-9-13-17-14-10-8-11-15-17/h4,6,8-11,13-15H,1-3,5,7,12,16,18H2. The molecular weight excluding hydrogens is 218 g/mol. The smallest absolute Gasteiger partial charge is 0.00773 e. The fourth-order valence-corrected chi connectivity index (χ4v) is 1.84. The average molecular weight is 243 g/mol. The highest BCUT2D eigenvalue weighted by Crippen LogP contribution is 2.06. The van der Waals surface area contributed by atoms with Gasteiger partial charge in [-0.2, -0.15) is 0 Å². The van der Waals surface area contributed by atoms with Crippen molar-refractivity contribution in [2.24, 2.45) is 5.73 Å². The van der Waals surface area contributed by atoms with Gasteiger partial charge in [0.05, 0.1) is 0 Å². The minimum absolute atomic E-state index is 0.837. The Labute approximate surface area is 111 Å². The van der Waals surface area contributed by atoms with Crippen molar-refractivity contribution in [2.45, 2.75) is 38.5 Å². The van der Waals surface area contributed by atoms with Gasteiger partial charge < -0.3 is 5.73 Å². The van der Waals surface area contributed by atoms with Crippen LogP contribution in [0.15, 0.2) is 48.6 Å². The molecule has 0 aromatic heterocycles. The van der Waals surface area contributed by atoms with Crippen LogP contribution in [0.2, 0.25) is 0 Å². The molecule has 0 amide bonds. The van der Waals surface area contributed by atoms with Crippen molar-refractivity contribution in [3.05, 3.63) is 54.1 Å². The van der Waals surface area contributed by atoms with Crippen molar-refractivity contribution in [1.82, 2.24) is 0 Å². The van der Waals surface area contributed by atoms with E-state index < -0.39 is 0 Å². The molecule has 18 heavy (non-hydrogen) atoms. The second-order valence-electron chi connectivity index (χ2n) is 4.54. The predicted octanol–water partition coefficient (Wildman–Crippen LogP) is 4.56. The Kier molecular flexibility index (Phi) is 8.82. The van der Waals surface area contributed by atoms with E-state index in [0.29, 0.717) is 0 Å². The van der Waals surface area contributed by atoms with Crippen molar-refractivity contribution in [3.63, 3.8) is 0 Å². The van der Waals surface area contributed by atoms with Gasteiger partial charge in [0.25, 0.3) is 0 Å². The van der Waals surface area contributed by atoms with E-state index >= 15 is 0 Å². The van der Waals surface area contributed by atoms with Crippen LogP contribution in [0.3, 0.4) is 0 Å². The fraction of sp³-hybridized carbons (Fsp3) is 0.412. The van der Waals surface area contributed by atoms with E-state index in [0.717, 1.165) is 6.54 Å². The maximum absolute atomic E-state index is 5.45. The highest BCUT2D eigenvalue weighted by atomic mass is 14.5. The zero-order valence-corrected chi connectivity index (χ0v) is 11.2. The van der Waals surface area contributed by atoms with Crippen LogP contribution in [0.4, 0.5) is 0 Å². The summed E-state index contributed by atoms with van der Waals surface area (Å²) in [7, 11) is 0. The minimum atomic E-state index is 0.837. The molecule has 0 unspecified atom stereocenters. The van der Waals surface area contributed by atoms with Crippen LogP contribution < -0.4 is 5.73 Å². The highest BCUT2D eigenvalue weighted by Gasteiger charge is 1.87. The molecule has 0 aliphatic rings. The summed E-state index contributed by atoms with van der Waals surface area (Å²) in [6.07, 6.45) is 16.2. The Hall–Kier alpha value is -1.34. The molecule has 1 nitrogen and oxygen atoms in total. The van der Waals surface area contributed by atoms with Gasteiger partial charge in [0.15, 0.2) is 0 Å². The van der Waals surface area contributed by atoms with Crippen molar-refractivity contribution >= 4 is 6.08 Å². The van der Waals surface area contributed by atoms with Crippen molar-refractivity contribution in [1.29, 1.82) is 0 Å². The Morgan fingerprint density at radius 3 is 2.33 bits per heavy atom. The monoisotopic (exact) mass is 243 g/mol. The van der Waals surface area contributed by atoms with E-state index in [1.807, 2.05) is 6.07 Å². The van der Waals surface area contributed by atoms with Gasteiger partial charge in [-0.15, -0.1) is 0 Å². The Morgan fingerprint density at radius 1 is 0.833 bits per heavy atom. The summed E-state index contributed by atoms with van der Waals surface area (Å²) in [6.45, 7) is 0.837. The summed E-state index contributed by atoms with van der Waals surface area (Å²) >= 11 is 0. The van der Waals surface area contributed by atoms with E-state index in [-0.39, 0.29) is 0 Å². The molecule has 2 N–H and O–H groups in total. The summed E-state index contributed by atoms with van der Waals surface area (Å²) in [5.41, 5.74) is 6.71. The molecule has 0 heterocycles. The average Bonchev–Trinajstić information content (AvgIpc) is 2.42. The summed E-state index contributed by atoms with van der Waals surface area (Å²) in [5.74, 6) is 0. The maximum Gasteiger partial charge on any atom is -0.00773 e. The topological polar surface area (TPSA) is 26.0 Å². The fourth-order valence-electron chi connectivity index (χ4n) is 1.84. The molecule has 0 saturated heterocycles. The quantitative estimate of drug-likeness (QED) is 0.499. The lowest BCUT2D eigenvalue weighted by Gasteiger charge is -1.97. The van der Waals surface area contributed by atoms with Gasteiger partial charge in [-0.25, -0.2) is 0 Å². The van der Waals surface area contributed by atoms with Crippen LogP contribution >= 0.6 is 0 Å². The zero-order valence-electron chi connectivity index (χ0n) is 11.2. The molecule has 0 aliphatic carbocycles. The number of allylic oxidation sites excluding steroid dienone is 3. The molecule has 0 saturated carbocycles. The molecule has 0 fully saturated rings. The molecule has 1 aromatic rings. The molecule has 98 valence electrons. The summed E-state index contributed by atoms with van der Waals surface area (Å²) in [4.78, 5) is 0. The van der Waals surface area contributed by atoms with Crippen LogP contribution in [0.1, 0.15) is 44.1 Å². The number of unbranched alkanes of at least 4 members (excludes halogenated alkanes) is 5. The van der Waals surface area contributed by atoms with Crippen LogP contribution in [0.5, 0.6) is 0 Å². The second kappa shape index (κ2) is 10.8. The summed E-state index contributed by atoms with van der Waals surface area (Å²) < 4.78 is 0. The third kappa shape index (κ3) is 7.86. The van der Waals surface area contributed by atoms with Gasteiger partial charge in [-0.1, -0.05) is 73.9 Å². The van der Waals surface area contributed by atoms with Crippen molar-refractivity contribution < 1.29 is 0 Å². The van der Waals surface area contributed by atoms with E-state index in [1.165, 1.54) is 44.1 Å². The lowest BCUT2D eigenvalue weighted by molar-refractivity contribution is 0.622. The Bertz CT molecular complexity index is 338. The van der Waals surface area contributed by atoms with Gasteiger partial charge in [0, 0.05) is 0 Å². The molecular formula is C17H25N. The predicted molar refractivity (Wildman–Crippen MR) is 81.4 cm³/mol. The summed E-state index contributed by atoms with van der Waals surface area (Å²) in [5, 5.41) is 0. The molecule has 0 radical (unpaired) electrons. The zero-order chi connectivity index (χ0) is 12.9. The molecule has 0 bridgehead atoms. The van der Waals surface area contributed by atoms with Gasteiger partial charge in [-0.3, -0.25) is 0 Å². The lowest BCUT2D eigenvalue weighted by Crippen LogP contribution is -1.97. The highest BCUT2D eigenvalue weighted by molar-refractivity contribution is 5.50. The third-order valence-electron chi connectivity index (χ3n) is 2.91. The van der Waals surface area contributed by atoms with Gasteiger partial charge >= 0.3 is 0 Å². The molecule has 1 heteroatoms. The van der Waals surface area contributed by atoms with Crippen LogP contribution in [-0.2, 0) is 0 Å². The number of hydrogen-bond acceptors (Lipinski definition) is 1. The van der Waals surface area contributed by atoms with E-state index in [2.05, 4.69) is 48.6 Å². The Balaban J connectivity index is 2.02. The van der Waals surface area contributed by atoms with E-state index in [9.17, 15) is 0 Å². The number of benzene rings is 1. The molecule has 0 aliphatic heterocycles. The number of nitrogens with two attached hydrogens (primary N) is 1. The van der Waals surface area contributed by atoms with Crippen molar-refractivity contribution in [3.8, 4) is 0 Å². The van der Waals surface area contributed by atoms with Crippen LogP contribution in [0.25, 0.3) is 6.08 Å². The van der Waals surface area contributed by atoms with E-state index in [4.69, 9.17) is 5.73 Å². The molecule has 0 spiro atoms. The largest absolute Gasteiger partial charge is 0.330 e. The van der Waals surface area contributed by atoms with Crippen molar-refractivity contribution in [2.75, 3.05) is 6.54 Å². The SMILES string of the molecule is NCCCCCCCC=CC=Cc1ccccc1. The number of rotatable bonds is 9. The molecule has 0 atom stereocenters. The maximum atomic E-state index is 5.45. The van der Waals surface area contributed by atoms with E-state index in [1.54, 1.807) is 0 Å². The normalized spacial score (nSPS) is 11.6. The summed E-state index contributed by atoms with van der Waals surface area (Å²) in [6, 6.07) is 10.4. The molecule has 1 rings (SSSR count). The third-order valence-corrected chi connectivity index (χ3v) is 2.91. The second-order valence-corrected chi connectivity index (χ2v) is 4.54. The first-order valence-electron chi connectivity index (χ1n) is 7.02. The first kappa shape index (κ1) is 14.7. The van der Waals surface area contributed by atoms with Crippen LogP contribution in [-0.4, -0.2) is 6.54 Å². The van der Waals surface area contributed by atoms with Gasteiger partial charge in [0.2, 0.25) is 0 Å². The lowest BCUT2D eigenvalue weighted by atomic mass is 10.1. The minimum Gasteiger partial charge on any atom is -0.330 e. The Morgan fingerprint density at radius 2 is 1.56 bits per heavy atom. The van der Waals surface area contributed by atoms with Gasteiger partial charge in [0.1, 0.15) is 0 Å².